The third-order valence-corrected chi connectivity index (χ3v) is 6.48. The van der Waals surface area contributed by atoms with E-state index < -0.39 is 17.3 Å². The van der Waals surface area contributed by atoms with E-state index in [0.717, 1.165) is 31.6 Å². The van der Waals surface area contributed by atoms with Crippen molar-refractivity contribution in [2.75, 3.05) is 23.3 Å². The van der Waals surface area contributed by atoms with Gasteiger partial charge >= 0.3 is 5.69 Å². The van der Waals surface area contributed by atoms with Gasteiger partial charge in [-0.2, -0.15) is 0 Å². The zero-order valence-corrected chi connectivity index (χ0v) is 20.7. The molecular weight excluding hydrogens is 462 g/mol. The molecule has 3 heterocycles. The third-order valence-electron chi connectivity index (χ3n) is 6.48. The van der Waals surface area contributed by atoms with Gasteiger partial charge in [0, 0.05) is 44.4 Å². The summed E-state index contributed by atoms with van der Waals surface area (Å²) >= 11 is 0. The Kier molecular flexibility index (Phi) is 7.87. The van der Waals surface area contributed by atoms with Crippen LogP contribution in [0, 0.1) is 0 Å². The van der Waals surface area contributed by atoms with Crippen LogP contribution in [0.2, 0.25) is 0 Å². The first kappa shape index (κ1) is 25.2. The van der Waals surface area contributed by atoms with Crippen LogP contribution in [0.3, 0.4) is 0 Å². The van der Waals surface area contributed by atoms with Gasteiger partial charge in [0.2, 0.25) is 11.8 Å². The van der Waals surface area contributed by atoms with Crippen molar-refractivity contribution in [1.82, 2.24) is 24.8 Å². The Bertz CT molecular complexity index is 1350. The molecule has 0 bridgehead atoms. The van der Waals surface area contributed by atoms with Gasteiger partial charge in [-0.1, -0.05) is 25.8 Å². The number of hydrogen-bond acceptors (Lipinski definition) is 6. The zero-order chi connectivity index (χ0) is 25.7. The largest absolute Gasteiger partial charge is 0.371 e. The maximum Gasteiger partial charge on any atom is 0.329 e. The average molecular weight is 496 g/mol. The summed E-state index contributed by atoms with van der Waals surface area (Å²) < 4.78 is 1.24. The van der Waals surface area contributed by atoms with Gasteiger partial charge in [0.1, 0.15) is 17.4 Å². The number of rotatable bonds is 10. The third kappa shape index (κ3) is 5.84. The van der Waals surface area contributed by atoms with E-state index in [1.165, 1.54) is 24.5 Å². The summed E-state index contributed by atoms with van der Waals surface area (Å²) in [5.41, 5.74) is 1.10. The molecule has 1 aliphatic heterocycles. The van der Waals surface area contributed by atoms with Crippen molar-refractivity contribution in [1.29, 1.82) is 0 Å². The van der Waals surface area contributed by atoms with Gasteiger partial charge in [0.05, 0.1) is 0 Å². The molecule has 0 aliphatic carbocycles. The monoisotopic (exact) mass is 495 g/mol. The highest BCUT2D eigenvalue weighted by Gasteiger charge is 2.21. The van der Waals surface area contributed by atoms with Gasteiger partial charge in [-0.05, 0) is 37.5 Å². The highest BCUT2D eigenvalue weighted by molar-refractivity contribution is 5.97. The van der Waals surface area contributed by atoms with Crippen molar-refractivity contribution in [3.05, 3.63) is 50.9 Å². The predicted molar refractivity (Wildman–Crippen MR) is 138 cm³/mol. The average Bonchev–Trinajstić information content (AvgIpc) is 3.55. The summed E-state index contributed by atoms with van der Waals surface area (Å²) in [6, 6.07) is 7.14. The van der Waals surface area contributed by atoms with Crippen LogP contribution >= 0.6 is 0 Å². The van der Waals surface area contributed by atoms with E-state index >= 15 is 0 Å². The molecule has 11 heteroatoms. The molecule has 4 rings (SSSR count). The second-order valence-corrected chi connectivity index (χ2v) is 9.20. The van der Waals surface area contributed by atoms with Crippen LogP contribution in [0.5, 0.6) is 0 Å². The molecule has 0 radical (unpaired) electrons. The topological polar surface area (TPSA) is 145 Å². The van der Waals surface area contributed by atoms with Gasteiger partial charge in [-0.3, -0.25) is 23.9 Å². The number of amides is 2. The summed E-state index contributed by atoms with van der Waals surface area (Å²) in [7, 11) is 1.51. The molecule has 1 fully saturated rings. The van der Waals surface area contributed by atoms with E-state index in [1.54, 1.807) is 0 Å². The molecule has 11 nitrogen and oxygen atoms in total. The Morgan fingerprint density at radius 2 is 1.94 bits per heavy atom. The molecule has 1 aliphatic rings. The number of aryl methyl sites for hydroxylation is 2. The highest BCUT2D eigenvalue weighted by atomic mass is 16.2. The van der Waals surface area contributed by atoms with Crippen molar-refractivity contribution in [2.24, 2.45) is 7.05 Å². The lowest BCUT2D eigenvalue weighted by Crippen LogP contribution is -2.43. The molecule has 192 valence electrons. The van der Waals surface area contributed by atoms with E-state index in [4.69, 9.17) is 0 Å². The van der Waals surface area contributed by atoms with E-state index in [1.807, 2.05) is 31.2 Å². The fourth-order valence-electron chi connectivity index (χ4n) is 4.43. The molecule has 3 aromatic rings. The van der Waals surface area contributed by atoms with Gasteiger partial charge in [-0.25, -0.2) is 9.78 Å². The Labute approximate surface area is 208 Å². The summed E-state index contributed by atoms with van der Waals surface area (Å²) in [5.74, 6) is -0.124. The molecule has 36 heavy (non-hydrogen) atoms. The summed E-state index contributed by atoms with van der Waals surface area (Å²) in [4.78, 5) is 61.2. The summed E-state index contributed by atoms with van der Waals surface area (Å²) in [6.45, 7) is 4.07. The molecule has 2 amide bonds. The number of carbonyl (C=O) groups is 2. The number of aromatic amines is 2. The smallest absolute Gasteiger partial charge is 0.329 e. The first-order valence-electron chi connectivity index (χ1n) is 12.5. The van der Waals surface area contributed by atoms with E-state index in [2.05, 4.69) is 30.5 Å². The Hall–Kier alpha value is -3.89. The number of carbonyl (C=O) groups excluding carboxylic acids is 2. The molecule has 0 spiro atoms. The minimum atomic E-state index is -0.660. The molecule has 0 saturated carbocycles. The lowest BCUT2D eigenvalue weighted by atomic mass is 10.1. The van der Waals surface area contributed by atoms with Gasteiger partial charge < -0.3 is 20.5 Å². The first-order valence-corrected chi connectivity index (χ1v) is 12.5. The number of hydrogen-bond donors (Lipinski definition) is 4. The molecule has 1 aromatic carbocycles. The number of benzene rings is 1. The number of aromatic nitrogens is 4. The number of nitrogens with one attached hydrogen (secondary N) is 4. The number of fused-ring (bicyclic) bond motifs is 1. The van der Waals surface area contributed by atoms with Crippen LogP contribution in [0.25, 0.3) is 11.2 Å². The normalized spacial score (nSPS) is 14.2. The van der Waals surface area contributed by atoms with Crippen LogP contribution in [0.4, 0.5) is 11.4 Å². The Balaban J connectivity index is 1.38. The molecule has 4 N–H and O–H groups in total. The fraction of sp³-hybridized carbons (Fsp3) is 0.480. The number of nitrogens with zero attached hydrogens (tertiary/aromatic N) is 3. The van der Waals surface area contributed by atoms with Crippen LogP contribution < -0.4 is 26.8 Å². The lowest BCUT2D eigenvalue weighted by molar-refractivity contribution is -0.126. The first-order chi connectivity index (χ1) is 17.4. The van der Waals surface area contributed by atoms with Gasteiger partial charge in [-0.15, -0.1) is 0 Å². The van der Waals surface area contributed by atoms with E-state index in [9.17, 15) is 19.2 Å². The lowest BCUT2D eigenvalue weighted by Gasteiger charge is -2.20. The van der Waals surface area contributed by atoms with Crippen LogP contribution in [0.15, 0.2) is 33.9 Å². The molecule has 1 unspecified atom stereocenters. The predicted octanol–water partition coefficient (Wildman–Crippen LogP) is 1.80. The van der Waals surface area contributed by atoms with Crippen LogP contribution in [-0.2, 0) is 23.1 Å². The molecule has 2 aromatic heterocycles. The van der Waals surface area contributed by atoms with Crippen LogP contribution in [0.1, 0.15) is 51.3 Å². The maximum atomic E-state index is 13.1. The van der Waals surface area contributed by atoms with Crippen molar-refractivity contribution in [3.63, 3.8) is 0 Å². The molecule has 1 atom stereocenters. The number of H-pyrrole nitrogens is 2. The van der Waals surface area contributed by atoms with Crippen molar-refractivity contribution < 1.29 is 9.59 Å². The number of imidazole rings is 1. The quantitative estimate of drug-likeness (QED) is 0.337. The van der Waals surface area contributed by atoms with Crippen molar-refractivity contribution in [3.8, 4) is 0 Å². The summed E-state index contributed by atoms with van der Waals surface area (Å²) in [6.07, 6.45) is 4.87. The van der Waals surface area contributed by atoms with E-state index in [0.29, 0.717) is 17.9 Å². The maximum absolute atomic E-state index is 13.1. The minimum Gasteiger partial charge on any atom is -0.371 e. The van der Waals surface area contributed by atoms with Crippen molar-refractivity contribution in [2.45, 2.75) is 57.9 Å². The second-order valence-electron chi connectivity index (χ2n) is 9.20. The van der Waals surface area contributed by atoms with Crippen molar-refractivity contribution >= 4 is 34.4 Å². The minimum absolute atomic E-state index is 0.0754. The zero-order valence-electron chi connectivity index (χ0n) is 20.7. The molecule has 1 saturated heterocycles. The SMILES string of the molecule is CCCCC(NC(=O)CCc1nc2c([nH]1)c(=O)[nH]c(=O)n2C)C(=O)Nc1cccc(N2CCCC2)c1. The fourth-order valence-corrected chi connectivity index (χ4v) is 4.43. The Morgan fingerprint density at radius 1 is 1.17 bits per heavy atom. The van der Waals surface area contributed by atoms with E-state index in [-0.39, 0.29) is 35.8 Å². The second kappa shape index (κ2) is 11.2. The highest BCUT2D eigenvalue weighted by Crippen LogP contribution is 2.23. The molecular formula is C25H33N7O4. The summed E-state index contributed by atoms with van der Waals surface area (Å²) in [5, 5.41) is 5.81. The number of anilines is 2. The van der Waals surface area contributed by atoms with Gasteiger partial charge in [0.15, 0.2) is 5.65 Å². The van der Waals surface area contributed by atoms with Gasteiger partial charge in [0.25, 0.3) is 5.56 Å². The van der Waals surface area contributed by atoms with Crippen LogP contribution in [-0.4, -0.2) is 50.5 Å². The Morgan fingerprint density at radius 3 is 2.69 bits per heavy atom. The number of unbranched alkanes of at least 4 members (excludes halogenated alkanes) is 1. The standard InChI is InChI=1S/C25H33N7O4/c1-3-4-10-18(23(34)26-16-8-7-9-17(15-16)32-13-5-6-14-32)27-20(33)12-11-19-28-21-22(29-19)31(2)25(36)30-24(21)35/h7-9,15,18H,3-6,10-14H2,1-2H3,(H,26,34)(H,27,33)(H,28,29)(H,30,35,36).